The smallest absolute Gasteiger partial charge is 0.270 e. The topological polar surface area (TPSA) is 54.8 Å². The van der Waals surface area contributed by atoms with Crippen molar-refractivity contribution in [1.82, 2.24) is 14.4 Å². The van der Waals surface area contributed by atoms with E-state index in [2.05, 4.69) is 0 Å². The van der Waals surface area contributed by atoms with E-state index in [0.717, 1.165) is 25.8 Å². The molecule has 1 aromatic rings. The summed E-state index contributed by atoms with van der Waals surface area (Å²) >= 11 is 0. The lowest BCUT2D eigenvalue weighted by molar-refractivity contribution is -0.138. The van der Waals surface area contributed by atoms with Crippen molar-refractivity contribution in [3.05, 3.63) is 24.0 Å². The number of carbonyl (C=O) groups is 2. The van der Waals surface area contributed by atoms with Crippen LogP contribution in [0, 0.1) is 5.92 Å². The van der Waals surface area contributed by atoms with Gasteiger partial charge in [-0.3, -0.25) is 9.59 Å². The maximum absolute atomic E-state index is 12.6. The summed E-state index contributed by atoms with van der Waals surface area (Å²) in [6, 6.07) is 3.73. The molecule has 0 bridgehead atoms. The highest BCUT2D eigenvalue weighted by atomic mass is 16.5. The summed E-state index contributed by atoms with van der Waals surface area (Å²) in [6.45, 7) is 4.06. The molecule has 3 rings (SSSR count). The zero-order chi connectivity index (χ0) is 16.2. The minimum Gasteiger partial charge on any atom is -0.381 e. The third kappa shape index (κ3) is 3.58. The van der Waals surface area contributed by atoms with E-state index in [1.807, 2.05) is 39.7 Å². The number of aryl methyl sites for hydroxylation is 1. The number of hydrogen-bond donors (Lipinski definition) is 0. The molecule has 0 saturated carbocycles. The molecule has 1 aromatic heterocycles. The molecular weight excluding hydrogens is 294 g/mol. The van der Waals surface area contributed by atoms with Gasteiger partial charge in [0.1, 0.15) is 5.69 Å². The van der Waals surface area contributed by atoms with Gasteiger partial charge in [0.2, 0.25) is 5.91 Å². The van der Waals surface area contributed by atoms with Crippen LogP contribution in [0.15, 0.2) is 18.3 Å². The second-order valence-corrected chi connectivity index (χ2v) is 6.36. The number of carbonyl (C=O) groups excluding carboxylic acids is 2. The van der Waals surface area contributed by atoms with Crippen molar-refractivity contribution in [1.29, 1.82) is 0 Å². The molecule has 2 aliphatic rings. The van der Waals surface area contributed by atoms with Crippen LogP contribution < -0.4 is 0 Å². The molecule has 0 atom stereocenters. The number of ether oxygens (including phenoxy) is 1. The first-order valence-electron chi connectivity index (χ1n) is 8.44. The van der Waals surface area contributed by atoms with Crippen LogP contribution in [0.4, 0.5) is 0 Å². The molecule has 6 heteroatoms. The molecule has 0 aromatic carbocycles. The lowest BCUT2D eigenvalue weighted by Gasteiger charge is -2.28. The van der Waals surface area contributed by atoms with Crippen molar-refractivity contribution in [3.8, 4) is 0 Å². The normalized spacial score (nSPS) is 20.4. The fourth-order valence-corrected chi connectivity index (χ4v) is 3.39. The molecule has 2 fully saturated rings. The molecule has 0 spiro atoms. The van der Waals surface area contributed by atoms with Gasteiger partial charge in [-0.25, -0.2) is 0 Å². The van der Waals surface area contributed by atoms with Crippen molar-refractivity contribution in [3.63, 3.8) is 0 Å². The number of hydrogen-bond acceptors (Lipinski definition) is 3. The molecule has 0 aliphatic carbocycles. The highest BCUT2D eigenvalue weighted by Crippen LogP contribution is 2.19. The Morgan fingerprint density at radius 1 is 1.09 bits per heavy atom. The highest BCUT2D eigenvalue weighted by molar-refractivity contribution is 5.92. The minimum absolute atomic E-state index is 0.0536. The lowest BCUT2D eigenvalue weighted by Crippen LogP contribution is -2.41. The van der Waals surface area contributed by atoms with E-state index in [0.29, 0.717) is 38.5 Å². The van der Waals surface area contributed by atoms with E-state index in [1.165, 1.54) is 0 Å². The Bertz CT molecular complexity index is 563. The van der Waals surface area contributed by atoms with Gasteiger partial charge in [-0.05, 0) is 31.4 Å². The van der Waals surface area contributed by atoms with Gasteiger partial charge < -0.3 is 19.1 Å². The van der Waals surface area contributed by atoms with Gasteiger partial charge in [-0.15, -0.1) is 0 Å². The number of rotatable bonds is 2. The first-order chi connectivity index (χ1) is 11.2. The molecule has 0 radical (unpaired) electrons. The van der Waals surface area contributed by atoms with Gasteiger partial charge in [0.05, 0.1) is 0 Å². The summed E-state index contributed by atoms with van der Waals surface area (Å²) in [7, 11) is 1.88. The molecular formula is C17H25N3O3. The third-order valence-corrected chi connectivity index (χ3v) is 4.83. The van der Waals surface area contributed by atoms with E-state index >= 15 is 0 Å². The first kappa shape index (κ1) is 16.1. The Balaban J connectivity index is 1.59. The molecule has 3 heterocycles. The van der Waals surface area contributed by atoms with Crippen LogP contribution in [0.2, 0.25) is 0 Å². The number of nitrogens with zero attached hydrogens (tertiary/aromatic N) is 3. The van der Waals surface area contributed by atoms with Crippen LogP contribution in [0.1, 0.15) is 29.8 Å². The van der Waals surface area contributed by atoms with Gasteiger partial charge in [0.15, 0.2) is 0 Å². The molecule has 0 unspecified atom stereocenters. The summed E-state index contributed by atoms with van der Waals surface area (Å²) in [5, 5.41) is 0. The Kier molecular flexibility index (Phi) is 5.00. The Morgan fingerprint density at radius 2 is 1.78 bits per heavy atom. The number of aromatic nitrogens is 1. The van der Waals surface area contributed by atoms with E-state index in [-0.39, 0.29) is 17.7 Å². The van der Waals surface area contributed by atoms with Gasteiger partial charge in [-0.1, -0.05) is 0 Å². The van der Waals surface area contributed by atoms with Gasteiger partial charge >= 0.3 is 0 Å². The van der Waals surface area contributed by atoms with Gasteiger partial charge in [0.25, 0.3) is 5.91 Å². The zero-order valence-electron chi connectivity index (χ0n) is 13.7. The molecule has 23 heavy (non-hydrogen) atoms. The van der Waals surface area contributed by atoms with Crippen LogP contribution in [0.3, 0.4) is 0 Å². The van der Waals surface area contributed by atoms with Crippen molar-refractivity contribution >= 4 is 11.8 Å². The minimum atomic E-state index is 0.0536. The molecule has 6 nitrogen and oxygen atoms in total. The predicted octanol–water partition coefficient (Wildman–Crippen LogP) is 1.13. The molecule has 0 N–H and O–H groups in total. The second kappa shape index (κ2) is 7.17. The fraction of sp³-hybridized carbons (Fsp3) is 0.647. The Hall–Kier alpha value is -1.82. The summed E-state index contributed by atoms with van der Waals surface area (Å²) in [4.78, 5) is 29.0. The van der Waals surface area contributed by atoms with E-state index in [1.54, 1.807) is 0 Å². The number of amides is 2. The van der Waals surface area contributed by atoms with Crippen LogP contribution in [0.5, 0.6) is 0 Å². The Labute approximate surface area is 137 Å². The standard InChI is InChI=1S/C17H25N3O3/c1-18-7-2-4-15(18)17(22)20-9-3-8-19(10-11-20)16(21)14-5-12-23-13-6-14/h2,4,7,14H,3,5-6,8-13H2,1H3. The SMILES string of the molecule is Cn1cccc1C(=O)N1CCCN(C(=O)C2CCOCC2)CC1. The van der Waals surface area contributed by atoms with E-state index < -0.39 is 0 Å². The van der Waals surface area contributed by atoms with Crippen molar-refractivity contribution in [2.45, 2.75) is 19.3 Å². The van der Waals surface area contributed by atoms with Gasteiger partial charge in [-0.2, -0.15) is 0 Å². The van der Waals surface area contributed by atoms with Crippen molar-refractivity contribution < 1.29 is 14.3 Å². The molecule has 126 valence electrons. The molecule has 2 saturated heterocycles. The lowest BCUT2D eigenvalue weighted by atomic mass is 9.98. The van der Waals surface area contributed by atoms with E-state index in [4.69, 9.17) is 4.74 Å². The monoisotopic (exact) mass is 319 g/mol. The average molecular weight is 319 g/mol. The third-order valence-electron chi connectivity index (χ3n) is 4.83. The van der Waals surface area contributed by atoms with Crippen LogP contribution in [0.25, 0.3) is 0 Å². The average Bonchev–Trinajstić information content (AvgIpc) is 2.86. The van der Waals surface area contributed by atoms with Crippen molar-refractivity contribution in [2.24, 2.45) is 13.0 Å². The van der Waals surface area contributed by atoms with Gasteiger partial charge in [0, 0.05) is 58.6 Å². The first-order valence-corrected chi connectivity index (χ1v) is 8.44. The molecule has 2 aliphatic heterocycles. The predicted molar refractivity (Wildman–Crippen MR) is 86.1 cm³/mol. The Morgan fingerprint density at radius 3 is 2.48 bits per heavy atom. The summed E-state index contributed by atoms with van der Waals surface area (Å²) in [5.41, 5.74) is 0.703. The van der Waals surface area contributed by atoms with Crippen LogP contribution >= 0.6 is 0 Å². The van der Waals surface area contributed by atoms with E-state index in [9.17, 15) is 9.59 Å². The summed E-state index contributed by atoms with van der Waals surface area (Å²) < 4.78 is 7.18. The maximum atomic E-state index is 12.6. The summed E-state index contributed by atoms with van der Waals surface area (Å²) in [5.74, 6) is 0.387. The highest BCUT2D eigenvalue weighted by Gasteiger charge is 2.29. The maximum Gasteiger partial charge on any atom is 0.270 e. The van der Waals surface area contributed by atoms with Crippen LogP contribution in [-0.2, 0) is 16.6 Å². The summed E-state index contributed by atoms with van der Waals surface area (Å²) in [6.07, 6.45) is 4.36. The van der Waals surface area contributed by atoms with Crippen LogP contribution in [-0.4, -0.2) is 65.6 Å². The molecule has 2 amide bonds. The second-order valence-electron chi connectivity index (χ2n) is 6.36. The largest absolute Gasteiger partial charge is 0.381 e. The zero-order valence-corrected chi connectivity index (χ0v) is 13.7. The quantitative estimate of drug-likeness (QED) is 0.821. The van der Waals surface area contributed by atoms with Crippen molar-refractivity contribution in [2.75, 3.05) is 39.4 Å². The fourth-order valence-electron chi connectivity index (χ4n) is 3.39.